The highest BCUT2D eigenvalue weighted by Gasteiger charge is 2.16. The highest BCUT2D eigenvalue weighted by molar-refractivity contribution is 5.82. The van der Waals surface area contributed by atoms with Crippen molar-refractivity contribution in [2.75, 3.05) is 13.7 Å². The molecule has 0 radical (unpaired) electrons. The van der Waals surface area contributed by atoms with Crippen LogP contribution in [0.15, 0.2) is 24.3 Å². The summed E-state index contributed by atoms with van der Waals surface area (Å²) >= 11 is 0. The van der Waals surface area contributed by atoms with Crippen molar-refractivity contribution < 1.29 is 14.6 Å². The lowest BCUT2D eigenvalue weighted by molar-refractivity contribution is -0.123. The molecule has 0 aliphatic rings. The second kappa shape index (κ2) is 7.76. The van der Waals surface area contributed by atoms with Crippen molar-refractivity contribution in [2.24, 2.45) is 5.73 Å². The van der Waals surface area contributed by atoms with Gasteiger partial charge in [-0.05, 0) is 37.5 Å². The van der Waals surface area contributed by atoms with E-state index in [9.17, 15) is 9.90 Å². The fourth-order valence-corrected chi connectivity index (χ4v) is 1.70. The van der Waals surface area contributed by atoms with Crippen molar-refractivity contribution in [3.8, 4) is 5.75 Å². The van der Waals surface area contributed by atoms with Crippen LogP contribution in [0.1, 0.15) is 18.9 Å². The van der Waals surface area contributed by atoms with Gasteiger partial charge in [-0.1, -0.05) is 12.1 Å². The maximum Gasteiger partial charge on any atom is 0.237 e. The Hall–Kier alpha value is -1.59. The Kier molecular flexibility index (Phi) is 6.32. The lowest BCUT2D eigenvalue weighted by atomic mass is 10.1. The molecule has 0 bridgehead atoms. The van der Waals surface area contributed by atoms with E-state index in [0.717, 1.165) is 12.0 Å². The van der Waals surface area contributed by atoms with Crippen molar-refractivity contribution in [1.82, 2.24) is 5.32 Å². The van der Waals surface area contributed by atoms with Gasteiger partial charge in [0.05, 0.1) is 6.04 Å². The molecule has 0 spiro atoms. The van der Waals surface area contributed by atoms with Crippen LogP contribution in [-0.2, 0) is 16.0 Å². The predicted octanol–water partition coefficient (Wildman–Crippen LogP) is 0.803. The number of benzene rings is 1. The third-order valence-corrected chi connectivity index (χ3v) is 2.87. The summed E-state index contributed by atoms with van der Waals surface area (Å²) in [6.07, 6.45) is 1.21. The van der Waals surface area contributed by atoms with Crippen LogP contribution in [0, 0.1) is 0 Å². The van der Waals surface area contributed by atoms with Crippen molar-refractivity contribution in [3.63, 3.8) is 0 Å². The normalized spacial score (nSPS) is 13.8. The van der Waals surface area contributed by atoms with Gasteiger partial charge < -0.3 is 20.9 Å². The number of nitrogens with two attached hydrogens (primary N) is 1. The molecule has 0 aliphatic carbocycles. The van der Waals surface area contributed by atoms with Gasteiger partial charge in [-0.15, -0.1) is 0 Å². The summed E-state index contributed by atoms with van der Waals surface area (Å²) in [5.74, 6) is 0.0339. The van der Waals surface area contributed by atoms with E-state index in [0.29, 0.717) is 13.0 Å². The summed E-state index contributed by atoms with van der Waals surface area (Å²) in [5.41, 5.74) is 6.78. The van der Waals surface area contributed by atoms with Crippen molar-refractivity contribution in [2.45, 2.75) is 31.8 Å². The summed E-state index contributed by atoms with van der Waals surface area (Å²) in [4.78, 5) is 11.9. The van der Waals surface area contributed by atoms with Crippen molar-refractivity contribution >= 4 is 5.91 Å². The number of phenolic OH excluding ortho intramolecular Hbond substituents is 1. The number of carbonyl (C=O) groups excluding carboxylic acids is 1. The lowest BCUT2D eigenvalue weighted by Crippen LogP contribution is -2.45. The van der Waals surface area contributed by atoms with Gasteiger partial charge in [0.25, 0.3) is 0 Å². The number of rotatable bonds is 7. The molecule has 1 rings (SSSR count). The quantitative estimate of drug-likeness (QED) is 0.681. The van der Waals surface area contributed by atoms with Crippen molar-refractivity contribution in [1.29, 1.82) is 0 Å². The third kappa shape index (κ3) is 5.72. The first-order valence-corrected chi connectivity index (χ1v) is 6.35. The molecule has 0 heterocycles. The molecule has 1 amide bonds. The Bertz CT molecular complexity index is 392. The Morgan fingerprint density at radius 2 is 2.05 bits per heavy atom. The predicted molar refractivity (Wildman–Crippen MR) is 73.9 cm³/mol. The molecule has 1 aromatic rings. The first-order chi connectivity index (χ1) is 9.02. The standard InChI is InChI=1S/C14H22N2O3/c1-10(7-8-19-2)16-14(18)13(15)9-11-3-5-12(17)6-4-11/h3-6,10,13,17H,7-9,15H2,1-2H3,(H,16,18). The Balaban J connectivity index is 2.42. The molecule has 5 nitrogen and oxygen atoms in total. The van der Waals surface area contributed by atoms with Gasteiger partial charge in [-0.3, -0.25) is 4.79 Å². The van der Waals surface area contributed by atoms with E-state index >= 15 is 0 Å². The second-order valence-electron chi connectivity index (χ2n) is 4.67. The van der Waals surface area contributed by atoms with Gasteiger partial charge in [0.2, 0.25) is 5.91 Å². The minimum atomic E-state index is -0.588. The van der Waals surface area contributed by atoms with Crippen LogP contribution in [0.4, 0.5) is 0 Å². The lowest BCUT2D eigenvalue weighted by Gasteiger charge is -2.17. The molecule has 2 atom stereocenters. The third-order valence-electron chi connectivity index (χ3n) is 2.87. The fourth-order valence-electron chi connectivity index (χ4n) is 1.70. The van der Waals surface area contributed by atoms with E-state index in [1.54, 1.807) is 31.4 Å². The topological polar surface area (TPSA) is 84.6 Å². The Labute approximate surface area is 113 Å². The minimum Gasteiger partial charge on any atom is -0.508 e. The van der Waals surface area contributed by atoms with Gasteiger partial charge in [-0.25, -0.2) is 0 Å². The van der Waals surface area contributed by atoms with E-state index in [-0.39, 0.29) is 17.7 Å². The first-order valence-electron chi connectivity index (χ1n) is 6.35. The second-order valence-corrected chi connectivity index (χ2v) is 4.67. The van der Waals surface area contributed by atoms with Crippen LogP contribution in [-0.4, -0.2) is 36.8 Å². The van der Waals surface area contributed by atoms with E-state index < -0.39 is 6.04 Å². The Morgan fingerprint density at radius 3 is 2.63 bits per heavy atom. The molecule has 0 aliphatic heterocycles. The molecule has 4 N–H and O–H groups in total. The SMILES string of the molecule is COCCC(C)NC(=O)C(N)Cc1ccc(O)cc1. The monoisotopic (exact) mass is 266 g/mol. The van der Waals surface area contributed by atoms with Gasteiger partial charge >= 0.3 is 0 Å². The summed E-state index contributed by atoms with van der Waals surface area (Å²) in [7, 11) is 1.63. The average molecular weight is 266 g/mol. The zero-order valence-electron chi connectivity index (χ0n) is 11.4. The average Bonchev–Trinajstić information content (AvgIpc) is 2.39. The first kappa shape index (κ1) is 15.5. The number of nitrogens with one attached hydrogen (secondary N) is 1. The van der Waals surface area contributed by atoms with Gasteiger partial charge in [-0.2, -0.15) is 0 Å². The summed E-state index contributed by atoms with van der Waals surface area (Å²) in [6, 6.07) is 6.14. The number of hydrogen-bond donors (Lipinski definition) is 3. The van der Waals surface area contributed by atoms with E-state index in [4.69, 9.17) is 10.5 Å². The molecule has 1 aromatic carbocycles. The van der Waals surface area contributed by atoms with Crippen LogP contribution in [0.5, 0.6) is 5.75 Å². The van der Waals surface area contributed by atoms with Crippen molar-refractivity contribution in [3.05, 3.63) is 29.8 Å². The van der Waals surface area contributed by atoms with Crippen LogP contribution in [0.3, 0.4) is 0 Å². The highest BCUT2D eigenvalue weighted by atomic mass is 16.5. The Morgan fingerprint density at radius 1 is 1.42 bits per heavy atom. The maximum absolute atomic E-state index is 11.9. The molecular formula is C14H22N2O3. The number of amides is 1. The van der Waals surface area contributed by atoms with Crippen LogP contribution >= 0.6 is 0 Å². The van der Waals surface area contributed by atoms with Crippen LogP contribution in [0.25, 0.3) is 0 Å². The number of carbonyl (C=O) groups is 1. The molecular weight excluding hydrogens is 244 g/mol. The molecule has 2 unspecified atom stereocenters. The van der Waals surface area contributed by atoms with E-state index in [2.05, 4.69) is 5.32 Å². The van der Waals surface area contributed by atoms with Gasteiger partial charge in [0.1, 0.15) is 5.75 Å². The van der Waals surface area contributed by atoms with E-state index in [1.807, 2.05) is 6.92 Å². The highest BCUT2D eigenvalue weighted by Crippen LogP contribution is 2.10. The zero-order chi connectivity index (χ0) is 14.3. The van der Waals surface area contributed by atoms with Gasteiger partial charge in [0.15, 0.2) is 0 Å². The number of aromatic hydroxyl groups is 1. The van der Waals surface area contributed by atoms with Gasteiger partial charge in [0, 0.05) is 19.8 Å². The summed E-state index contributed by atoms with van der Waals surface area (Å²) in [6.45, 7) is 2.53. The molecule has 0 fully saturated rings. The summed E-state index contributed by atoms with van der Waals surface area (Å²) < 4.78 is 4.96. The molecule has 106 valence electrons. The number of hydrogen-bond acceptors (Lipinski definition) is 4. The molecule has 0 aromatic heterocycles. The van der Waals surface area contributed by atoms with Crippen LogP contribution < -0.4 is 11.1 Å². The molecule has 0 saturated carbocycles. The fraction of sp³-hybridized carbons (Fsp3) is 0.500. The molecule has 0 saturated heterocycles. The number of methoxy groups -OCH3 is 1. The maximum atomic E-state index is 11.9. The zero-order valence-corrected chi connectivity index (χ0v) is 11.4. The smallest absolute Gasteiger partial charge is 0.237 e. The molecule has 19 heavy (non-hydrogen) atoms. The largest absolute Gasteiger partial charge is 0.508 e. The number of ether oxygens (including phenoxy) is 1. The summed E-state index contributed by atoms with van der Waals surface area (Å²) in [5, 5.41) is 12.0. The number of phenols is 1. The molecule has 5 heteroatoms. The minimum absolute atomic E-state index is 0.0401. The van der Waals surface area contributed by atoms with E-state index in [1.165, 1.54) is 0 Å². The van der Waals surface area contributed by atoms with Crippen LogP contribution in [0.2, 0.25) is 0 Å².